The molecule has 0 atom stereocenters. The molecular weight excluding hydrogens is 204 g/mol. The Labute approximate surface area is 96.0 Å². The smallest absolute Gasteiger partial charge is 0.240 e. The third kappa shape index (κ3) is 2.80. The lowest BCUT2D eigenvalue weighted by Crippen LogP contribution is -2.34. The highest BCUT2D eigenvalue weighted by Gasteiger charge is 2.20. The first kappa shape index (κ1) is 11.5. The van der Waals surface area contributed by atoms with Gasteiger partial charge in [-0.25, -0.2) is 0 Å². The summed E-state index contributed by atoms with van der Waals surface area (Å²) in [5.41, 5.74) is 5.43. The number of hydrogen-bond acceptors (Lipinski definition) is 5. The molecule has 1 aliphatic rings. The Kier molecular flexibility index (Phi) is 3.90. The number of nitrogens with two attached hydrogens (primary N) is 1. The maximum atomic E-state index is 5.43. The van der Waals surface area contributed by atoms with E-state index in [-0.39, 0.29) is 0 Å². The van der Waals surface area contributed by atoms with Crippen LogP contribution in [0.1, 0.15) is 31.5 Å². The summed E-state index contributed by atoms with van der Waals surface area (Å²) in [5, 5.41) is 3.94. The summed E-state index contributed by atoms with van der Waals surface area (Å²) in [7, 11) is 0. The largest absolute Gasteiger partial charge is 0.338 e. The molecule has 1 aromatic rings. The minimum Gasteiger partial charge on any atom is -0.338 e. The highest BCUT2D eigenvalue weighted by atomic mass is 16.5. The molecule has 0 aromatic carbocycles. The van der Waals surface area contributed by atoms with Gasteiger partial charge in [-0.2, -0.15) is 4.98 Å². The van der Waals surface area contributed by atoms with Crippen LogP contribution < -0.4 is 5.73 Å². The fourth-order valence-electron chi connectivity index (χ4n) is 2.22. The van der Waals surface area contributed by atoms with Gasteiger partial charge in [0, 0.05) is 6.42 Å². The second-order valence-corrected chi connectivity index (χ2v) is 4.39. The summed E-state index contributed by atoms with van der Waals surface area (Å²) in [6.07, 6.45) is 3.40. The standard InChI is InChI=1S/C11H20N4O/c1-2-15-5-3-9(4-6-15)7-10-13-11(8-12)16-14-10/h9H,2-8,12H2,1H3. The minimum atomic E-state index is 0.335. The Morgan fingerprint density at radius 2 is 2.19 bits per heavy atom. The van der Waals surface area contributed by atoms with E-state index in [2.05, 4.69) is 22.0 Å². The van der Waals surface area contributed by atoms with Gasteiger partial charge in [-0.1, -0.05) is 12.1 Å². The van der Waals surface area contributed by atoms with Gasteiger partial charge in [0.25, 0.3) is 0 Å². The average molecular weight is 224 g/mol. The van der Waals surface area contributed by atoms with Crippen molar-refractivity contribution in [3.63, 3.8) is 0 Å². The number of likely N-dealkylation sites (tertiary alicyclic amines) is 1. The second kappa shape index (κ2) is 5.41. The Morgan fingerprint density at radius 1 is 1.44 bits per heavy atom. The maximum Gasteiger partial charge on any atom is 0.240 e. The topological polar surface area (TPSA) is 68.2 Å². The van der Waals surface area contributed by atoms with Crippen LogP contribution in [0.2, 0.25) is 0 Å². The van der Waals surface area contributed by atoms with Crippen molar-refractivity contribution in [2.24, 2.45) is 11.7 Å². The number of nitrogens with zero attached hydrogens (tertiary/aromatic N) is 3. The average Bonchev–Trinajstić information content (AvgIpc) is 2.78. The molecule has 5 heteroatoms. The molecule has 0 amide bonds. The fourth-order valence-corrected chi connectivity index (χ4v) is 2.22. The van der Waals surface area contributed by atoms with E-state index in [0.717, 1.165) is 18.8 Å². The molecule has 2 rings (SSSR count). The van der Waals surface area contributed by atoms with Crippen molar-refractivity contribution in [1.29, 1.82) is 0 Å². The van der Waals surface area contributed by atoms with Crippen LogP contribution in [0.4, 0.5) is 0 Å². The van der Waals surface area contributed by atoms with Crippen molar-refractivity contribution >= 4 is 0 Å². The predicted octanol–water partition coefficient (Wildman–Crippen LogP) is 0.803. The highest BCUT2D eigenvalue weighted by Crippen LogP contribution is 2.20. The van der Waals surface area contributed by atoms with E-state index in [1.165, 1.54) is 25.9 Å². The van der Waals surface area contributed by atoms with Crippen LogP contribution in [-0.4, -0.2) is 34.7 Å². The van der Waals surface area contributed by atoms with Gasteiger partial charge in [0.15, 0.2) is 5.82 Å². The molecule has 0 spiro atoms. The summed E-state index contributed by atoms with van der Waals surface area (Å²) in [6.45, 7) is 6.10. The van der Waals surface area contributed by atoms with E-state index >= 15 is 0 Å². The Morgan fingerprint density at radius 3 is 2.75 bits per heavy atom. The summed E-state index contributed by atoms with van der Waals surface area (Å²) in [4.78, 5) is 6.73. The van der Waals surface area contributed by atoms with Crippen molar-refractivity contribution in [3.05, 3.63) is 11.7 Å². The second-order valence-electron chi connectivity index (χ2n) is 4.39. The van der Waals surface area contributed by atoms with Gasteiger partial charge in [-0.3, -0.25) is 0 Å². The highest BCUT2D eigenvalue weighted by molar-refractivity contribution is 4.89. The molecule has 0 saturated carbocycles. The molecule has 0 bridgehead atoms. The summed E-state index contributed by atoms with van der Waals surface area (Å²) < 4.78 is 5.00. The van der Waals surface area contributed by atoms with Crippen LogP contribution in [0.5, 0.6) is 0 Å². The zero-order valence-corrected chi connectivity index (χ0v) is 9.85. The molecule has 0 aliphatic carbocycles. The molecule has 0 unspecified atom stereocenters. The van der Waals surface area contributed by atoms with Crippen molar-refractivity contribution in [1.82, 2.24) is 15.0 Å². The lowest BCUT2D eigenvalue weighted by Gasteiger charge is -2.30. The third-order valence-electron chi connectivity index (χ3n) is 3.31. The quantitative estimate of drug-likeness (QED) is 0.819. The molecule has 5 nitrogen and oxygen atoms in total. The summed E-state index contributed by atoms with van der Waals surface area (Å²) in [6, 6.07) is 0. The zero-order valence-electron chi connectivity index (χ0n) is 9.85. The van der Waals surface area contributed by atoms with Crippen LogP contribution in [-0.2, 0) is 13.0 Å². The van der Waals surface area contributed by atoms with Gasteiger partial charge < -0.3 is 15.2 Å². The minimum absolute atomic E-state index is 0.335. The Hall–Kier alpha value is -0.940. The lowest BCUT2D eigenvalue weighted by molar-refractivity contribution is 0.190. The van der Waals surface area contributed by atoms with Crippen LogP contribution in [0.3, 0.4) is 0 Å². The molecule has 16 heavy (non-hydrogen) atoms. The molecule has 0 radical (unpaired) electrons. The predicted molar refractivity (Wildman–Crippen MR) is 60.7 cm³/mol. The van der Waals surface area contributed by atoms with Crippen LogP contribution >= 0.6 is 0 Å². The van der Waals surface area contributed by atoms with Crippen molar-refractivity contribution in [2.45, 2.75) is 32.7 Å². The number of aromatic nitrogens is 2. The van der Waals surface area contributed by atoms with E-state index in [4.69, 9.17) is 10.3 Å². The SMILES string of the molecule is CCN1CCC(Cc2noc(CN)n2)CC1. The Balaban J connectivity index is 1.82. The van der Waals surface area contributed by atoms with Crippen molar-refractivity contribution < 1.29 is 4.52 Å². The number of piperidine rings is 1. The van der Waals surface area contributed by atoms with E-state index in [1.807, 2.05) is 0 Å². The lowest BCUT2D eigenvalue weighted by atomic mass is 9.93. The van der Waals surface area contributed by atoms with Crippen LogP contribution in [0.25, 0.3) is 0 Å². The first-order valence-electron chi connectivity index (χ1n) is 6.05. The number of rotatable bonds is 4. The fraction of sp³-hybridized carbons (Fsp3) is 0.818. The van der Waals surface area contributed by atoms with Crippen molar-refractivity contribution in [3.8, 4) is 0 Å². The molecule has 1 saturated heterocycles. The first-order valence-corrected chi connectivity index (χ1v) is 6.05. The van der Waals surface area contributed by atoms with Gasteiger partial charge in [-0.15, -0.1) is 0 Å². The van der Waals surface area contributed by atoms with Gasteiger partial charge in [0.05, 0.1) is 6.54 Å². The van der Waals surface area contributed by atoms with E-state index in [0.29, 0.717) is 18.4 Å². The van der Waals surface area contributed by atoms with Gasteiger partial charge in [-0.05, 0) is 38.4 Å². The summed E-state index contributed by atoms with van der Waals surface area (Å²) in [5.74, 6) is 2.06. The molecular formula is C11H20N4O. The summed E-state index contributed by atoms with van der Waals surface area (Å²) >= 11 is 0. The van der Waals surface area contributed by atoms with Gasteiger partial charge in [0.2, 0.25) is 5.89 Å². The number of hydrogen-bond donors (Lipinski definition) is 1. The molecule has 1 fully saturated rings. The molecule has 90 valence electrons. The third-order valence-corrected chi connectivity index (χ3v) is 3.31. The van der Waals surface area contributed by atoms with Crippen LogP contribution in [0.15, 0.2) is 4.52 Å². The van der Waals surface area contributed by atoms with Gasteiger partial charge >= 0.3 is 0 Å². The molecule has 1 aliphatic heterocycles. The molecule has 2 N–H and O–H groups in total. The maximum absolute atomic E-state index is 5.43. The normalized spacial score (nSPS) is 19.1. The van der Waals surface area contributed by atoms with Crippen LogP contribution in [0, 0.1) is 5.92 Å². The zero-order chi connectivity index (χ0) is 11.4. The Bertz CT molecular complexity index is 318. The van der Waals surface area contributed by atoms with Gasteiger partial charge in [0.1, 0.15) is 0 Å². The van der Waals surface area contributed by atoms with E-state index in [9.17, 15) is 0 Å². The van der Waals surface area contributed by atoms with E-state index < -0.39 is 0 Å². The van der Waals surface area contributed by atoms with E-state index in [1.54, 1.807) is 0 Å². The molecule has 2 heterocycles. The monoisotopic (exact) mass is 224 g/mol. The first-order chi connectivity index (χ1) is 7.81. The van der Waals surface area contributed by atoms with Crippen molar-refractivity contribution in [2.75, 3.05) is 19.6 Å². The molecule has 1 aromatic heterocycles.